The Balaban J connectivity index is 2.46. The number of nitro groups is 1. The van der Waals surface area contributed by atoms with E-state index in [1.54, 1.807) is 0 Å². The zero-order chi connectivity index (χ0) is 14.9. The summed E-state index contributed by atoms with van der Waals surface area (Å²) in [7, 11) is 0. The minimum Gasteiger partial charge on any atom is -0.480 e. The van der Waals surface area contributed by atoms with Gasteiger partial charge in [0, 0.05) is 6.54 Å². The second-order valence-corrected chi connectivity index (χ2v) is 5.04. The summed E-state index contributed by atoms with van der Waals surface area (Å²) < 4.78 is 13.6. The number of para-hydroxylation sites is 1. The lowest BCUT2D eigenvalue weighted by molar-refractivity contribution is -0.386. The third-order valence-corrected chi connectivity index (χ3v) is 3.61. The second kappa shape index (κ2) is 5.44. The minimum absolute atomic E-state index is 0.0364. The first kappa shape index (κ1) is 14.2. The highest BCUT2D eigenvalue weighted by Crippen LogP contribution is 2.35. The first-order chi connectivity index (χ1) is 9.41. The smallest absolute Gasteiger partial charge is 0.327 e. The molecule has 2 rings (SSSR count). The Morgan fingerprint density at radius 2 is 2.25 bits per heavy atom. The molecule has 108 valence electrons. The normalized spacial score (nSPS) is 22.6. The third kappa shape index (κ3) is 2.56. The van der Waals surface area contributed by atoms with E-state index in [0.717, 1.165) is 12.5 Å². The fraction of sp³-hybridized carbons (Fsp3) is 0.462. The highest BCUT2D eigenvalue weighted by molar-refractivity contribution is 5.80. The van der Waals surface area contributed by atoms with Crippen molar-refractivity contribution in [1.82, 2.24) is 0 Å². The number of hydrogen-bond acceptors (Lipinski definition) is 4. The van der Waals surface area contributed by atoms with Crippen molar-refractivity contribution >= 4 is 17.3 Å². The lowest BCUT2D eigenvalue weighted by Crippen LogP contribution is -2.47. The molecular formula is C13H15FN2O4. The predicted octanol–water partition coefficient (Wildman–Crippen LogP) is 2.42. The average molecular weight is 282 g/mol. The zero-order valence-corrected chi connectivity index (χ0v) is 11.0. The molecule has 7 heteroatoms. The van der Waals surface area contributed by atoms with Crippen LogP contribution in [0, 0.1) is 21.8 Å². The molecule has 20 heavy (non-hydrogen) atoms. The molecule has 1 fully saturated rings. The standard InChI is InChI=1S/C13H15FN2O4/c1-8-5-6-15(11(7-8)13(17)18)10-4-2-3-9(14)12(10)16(19)20/h2-4,8,11H,5-7H2,1H3,(H,17,18). The molecule has 2 atom stereocenters. The van der Waals surface area contributed by atoms with Crippen LogP contribution in [0.25, 0.3) is 0 Å². The van der Waals surface area contributed by atoms with Gasteiger partial charge in [0.05, 0.1) is 4.92 Å². The molecule has 1 heterocycles. The maximum atomic E-state index is 13.6. The first-order valence-electron chi connectivity index (χ1n) is 6.34. The number of anilines is 1. The molecule has 6 nitrogen and oxygen atoms in total. The van der Waals surface area contributed by atoms with Gasteiger partial charge in [-0.15, -0.1) is 0 Å². The molecule has 0 aromatic heterocycles. The van der Waals surface area contributed by atoms with Gasteiger partial charge >= 0.3 is 11.7 Å². The molecule has 1 aromatic rings. The van der Waals surface area contributed by atoms with Crippen molar-refractivity contribution in [2.75, 3.05) is 11.4 Å². The van der Waals surface area contributed by atoms with E-state index >= 15 is 0 Å². The minimum atomic E-state index is -1.05. The summed E-state index contributed by atoms with van der Waals surface area (Å²) in [6.45, 7) is 2.30. The van der Waals surface area contributed by atoms with Gasteiger partial charge in [-0.1, -0.05) is 13.0 Å². The van der Waals surface area contributed by atoms with E-state index in [4.69, 9.17) is 0 Å². The average Bonchev–Trinajstić information content (AvgIpc) is 2.37. The van der Waals surface area contributed by atoms with Crippen LogP contribution in [0.3, 0.4) is 0 Å². The van der Waals surface area contributed by atoms with Gasteiger partial charge in [0.2, 0.25) is 5.82 Å². The summed E-state index contributed by atoms with van der Waals surface area (Å²) in [5.41, 5.74) is -0.623. The maximum Gasteiger partial charge on any atom is 0.327 e. The lowest BCUT2D eigenvalue weighted by Gasteiger charge is -2.37. The Bertz CT molecular complexity index is 549. The Kier molecular flexibility index (Phi) is 3.87. The van der Waals surface area contributed by atoms with Crippen molar-refractivity contribution in [3.63, 3.8) is 0 Å². The number of rotatable bonds is 3. The molecule has 0 bridgehead atoms. The van der Waals surface area contributed by atoms with Crippen LogP contribution in [0.2, 0.25) is 0 Å². The molecule has 0 saturated carbocycles. The van der Waals surface area contributed by atoms with Crippen LogP contribution in [-0.4, -0.2) is 28.6 Å². The lowest BCUT2D eigenvalue weighted by atomic mass is 9.92. The number of carbonyl (C=O) groups is 1. The summed E-state index contributed by atoms with van der Waals surface area (Å²) in [4.78, 5) is 23.0. The molecule has 2 unspecified atom stereocenters. The topological polar surface area (TPSA) is 83.7 Å². The zero-order valence-electron chi connectivity index (χ0n) is 11.0. The van der Waals surface area contributed by atoms with E-state index in [9.17, 15) is 24.4 Å². The number of hydrogen-bond donors (Lipinski definition) is 1. The van der Waals surface area contributed by atoms with Crippen molar-refractivity contribution < 1.29 is 19.2 Å². The van der Waals surface area contributed by atoms with Gasteiger partial charge in [0.15, 0.2) is 0 Å². The quantitative estimate of drug-likeness (QED) is 0.680. The van der Waals surface area contributed by atoms with Crippen molar-refractivity contribution in [1.29, 1.82) is 0 Å². The number of carboxylic acids is 1. The van der Waals surface area contributed by atoms with Crippen molar-refractivity contribution in [2.24, 2.45) is 5.92 Å². The van der Waals surface area contributed by atoms with Gasteiger partial charge < -0.3 is 10.0 Å². The van der Waals surface area contributed by atoms with E-state index in [2.05, 4.69) is 0 Å². The van der Waals surface area contributed by atoms with Crippen LogP contribution in [0.5, 0.6) is 0 Å². The van der Waals surface area contributed by atoms with Gasteiger partial charge in [0.25, 0.3) is 0 Å². The van der Waals surface area contributed by atoms with E-state index in [0.29, 0.717) is 13.0 Å². The predicted molar refractivity (Wildman–Crippen MR) is 70.2 cm³/mol. The Labute approximate surface area is 115 Å². The Morgan fingerprint density at radius 1 is 1.55 bits per heavy atom. The number of halogens is 1. The van der Waals surface area contributed by atoms with Crippen LogP contribution in [0.4, 0.5) is 15.8 Å². The van der Waals surface area contributed by atoms with Crippen LogP contribution >= 0.6 is 0 Å². The van der Waals surface area contributed by atoms with Crippen LogP contribution in [0.1, 0.15) is 19.8 Å². The second-order valence-electron chi connectivity index (χ2n) is 5.04. The maximum absolute atomic E-state index is 13.6. The number of benzene rings is 1. The highest BCUT2D eigenvalue weighted by atomic mass is 19.1. The fourth-order valence-corrected chi connectivity index (χ4v) is 2.58. The SMILES string of the molecule is CC1CCN(c2cccc(F)c2[N+](=O)[O-])C(C(=O)O)C1. The summed E-state index contributed by atoms with van der Waals surface area (Å²) in [6.07, 6.45) is 1.11. The third-order valence-electron chi connectivity index (χ3n) is 3.61. The molecule has 1 aliphatic heterocycles. The number of piperidine rings is 1. The van der Waals surface area contributed by atoms with Crippen molar-refractivity contribution in [3.05, 3.63) is 34.1 Å². The van der Waals surface area contributed by atoms with E-state index in [-0.39, 0.29) is 11.6 Å². The van der Waals surface area contributed by atoms with E-state index in [1.807, 2.05) is 6.92 Å². The largest absolute Gasteiger partial charge is 0.480 e. The molecule has 0 spiro atoms. The van der Waals surface area contributed by atoms with Gasteiger partial charge in [-0.25, -0.2) is 4.79 Å². The number of aliphatic carboxylic acids is 1. The summed E-state index contributed by atoms with van der Waals surface area (Å²) in [5.74, 6) is -1.77. The molecule has 0 amide bonds. The van der Waals surface area contributed by atoms with Gasteiger partial charge in [-0.2, -0.15) is 4.39 Å². The molecule has 1 saturated heterocycles. The fourth-order valence-electron chi connectivity index (χ4n) is 2.58. The van der Waals surface area contributed by atoms with E-state index < -0.39 is 28.4 Å². The Hall–Kier alpha value is -2.18. The molecular weight excluding hydrogens is 267 g/mol. The first-order valence-corrected chi connectivity index (χ1v) is 6.34. The molecule has 1 N–H and O–H groups in total. The van der Waals surface area contributed by atoms with Gasteiger partial charge in [-0.05, 0) is 30.9 Å². The molecule has 0 aliphatic carbocycles. The monoisotopic (exact) mass is 282 g/mol. The van der Waals surface area contributed by atoms with Crippen molar-refractivity contribution in [3.8, 4) is 0 Å². The molecule has 1 aliphatic rings. The number of nitro benzene ring substituents is 1. The van der Waals surface area contributed by atoms with E-state index in [1.165, 1.54) is 17.0 Å². The number of carboxylic acid groups (broad SMARTS) is 1. The van der Waals surface area contributed by atoms with Crippen molar-refractivity contribution in [2.45, 2.75) is 25.8 Å². The van der Waals surface area contributed by atoms with Crippen LogP contribution in [0.15, 0.2) is 18.2 Å². The summed E-state index contributed by atoms with van der Waals surface area (Å²) >= 11 is 0. The Morgan fingerprint density at radius 3 is 2.85 bits per heavy atom. The highest BCUT2D eigenvalue weighted by Gasteiger charge is 2.36. The molecule has 0 radical (unpaired) electrons. The number of nitrogens with zero attached hydrogens (tertiary/aromatic N) is 2. The van der Waals surface area contributed by atoms with Crippen LogP contribution < -0.4 is 4.90 Å². The molecule has 1 aromatic carbocycles. The van der Waals surface area contributed by atoms with Crippen LogP contribution in [-0.2, 0) is 4.79 Å². The summed E-state index contributed by atoms with van der Waals surface area (Å²) in [6, 6.07) is 2.89. The van der Waals surface area contributed by atoms with Gasteiger partial charge in [0.1, 0.15) is 11.7 Å². The van der Waals surface area contributed by atoms with Gasteiger partial charge in [-0.3, -0.25) is 10.1 Å². The summed E-state index contributed by atoms with van der Waals surface area (Å²) in [5, 5.41) is 20.3.